The van der Waals surface area contributed by atoms with Crippen LogP contribution in [0.5, 0.6) is 0 Å². The first-order valence-electron chi connectivity index (χ1n) is 8.95. The van der Waals surface area contributed by atoms with E-state index in [4.69, 9.17) is 4.98 Å². The van der Waals surface area contributed by atoms with Crippen LogP contribution in [-0.4, -0.2) is 14.5 Å². The van der Waals surface area contributed by atoms with Gasteiger partial charge in [0.25, 0.3) is 0 Å². The van der Waals surface area contributed by atoms with E-state index in [9.17, 15) is 0 Å². The number of aromatic nitrogens is 3. The van der Waals surface area contributed by atoms with Crippen molar-refractivity contribution in [3.05, 3.63) is 103 Å². The van der Waals surface area contributed by atoms with Crippen molar-refractivity contribution in [2.75, 3.05) is 0 Å². The molecule has 0 bridgehead atoms. The molecule has 0 N–H and O–H groups in total. The maximum absolute atomic E-state index is 4.85. The molecule has 0 saturated heterocycles. The second-order valence-electron chi connectivity index (χ2n) is 6.41. The number of nitrogens with zero attached hydrogens (tertiary/aromatic N) is 3. The van der Waals surface area contributed by atoms with Gasteiger partial charge in [0, 0.05) is 23.0 Å². The van der Waals surface area contributed by atoms with Gasteiger partial charge in [0.05, 0.1) is 5.52 Å². The topological polar surface area (TPSA) is 30.7 Å². The fourth-order valence-electron chi connectivity index (χ4n) is 3.37. The second kappa shape index (κ2) is 6.54. The van der Waals surface area contributed by atoms with Gasteiger partial charge in [0.1, 0.15) is 5.82 Å². The van der Waals surface area contributed by atoms with E-state index in [-0.39, 0.29) is 0 Å². The highest BCUT2D eigenvalue weighted by atomic mass is 15.1. The third-order valence-corrected chi connectivity index (χ3v) is 4.67. The Labute approximate surface area is 157 Å². The van der Waals surface area contributed by atoms with E-state index in [1.165, 1.54) is 0 Å². The van der Waals surface area contributed by atoms with Crippen molar-refractivity contribution in [3.63, 3.8) is 0 Å². The lowest BCUT2D eigenvalue weighted by Crippen LogP contribution is -1.97. The molecule has 0 aliphatic heterocycles. The van der Waals surface area contributed by atoms with Crippen molar-refractivity contribution in [1.82, 2.24) is 14.5 Å². The SMILES string of the molecule is c1ccc(-c2cnc3nc(-c4ccccc4)n(-c4ccccc4)c3c2)cc1. The molecule has 0 aliphatic carbocycles. The van der Waals surface area contributed by atoms with E-state index >= 15 is 0 Å². The average Bonchev–Trinajstić information content (AvgIpc) is 3.14. The Kier molecular flexibility index (Phi) is 3.76. The molecular formula is C24H17N3. The highest BCUT2D eigenvalue weighted by Gasteiger charge is 2.15. The van der Waals surface area contributed by atoms with Crippen LogP contribution in [0.1, 0.15) is 0 Å². The summed E-state index contributed by atoms with van der Waals surface area (Å²) in [6.07, 6.45) is 1.90. The van der Waals surface area contributed by atoms with Gasteiger partial charge in [-0.15, -0.1) is 0 Å². The Morgan fingerprint density at radius 2 is 1.19 bits per heavy atom. The third-order valence-electron chi connectivity index (χ3n) is 4.67. The summed E-state index contributed by atoms with van der Waals surface area (Å²) in [5.41, 5.74) is 6.12. The minimum atomic E-state index is 0.748. The fourth-order valence-corrected chi connectivity index (χ4v) is 3.37. The molecule has 0 saturated carbocycles. The minimum absolute atomic E-state index is 0.748. The molecule has 3 heteroatoms. The molecule has 0 unspecified atom stereocenters. The fraction of sp³-hybridized carbons (Fsp3) is 0. The van der Waals surface area contributed by atoms with Crippen LogP contribution in [-0.2, 0) is 0 Å². The first-order chi connectivity index (χ1) is 13.4. The number of hydrogen-bond acceptors (Lipinski definition) is 2. The molecule has 0 atom stereocenters. The van der Waals surface area contributed by atoms with Gasteiger partial charge < -0.3 is 0 Å². The van der Waals surface area contributed by atoms with Crippen LogP contribution in [0.4, 0.5) is 0 Å². The molecule has 2 heterocycles. The predicted molar refractivity (Wildman–Crippen MR) is 110 cm³/mol. The van der Waals surface area contributed by atoms with Gasteiger partial charge in [-0.2, -0.15) is 0 Å². The van der Waals surface area contributed by atoms with Gasteiger partial charge in [-0.3, -0.25) is 4.57 Å². The number of para-hydroxylation sites is 1. The molecule has 0 amide bonds. The van der Waals surface area contributed by atoms with E-state index in [0.717, 1.165) is 39.4 Å². The van der Waals surface area contributed by atoms with Crippen molar-refractivity contribution < 1.29 is 0 Å². The van der Waals surface area contributed by atoms with Crippen molar-refractivity contribution >= 4 is 11.2 Å². The summed E-state index contributed by atoms with van der Waals surface area (Å²) in [6.45, 7) is 0. The largest absolute Gasteiger partial charge is 0.291 e. The molecule has 5 rings (SSSR count). The molecule has 0 radical (unpaired) electrons. The standard InChI is InChI=1S/C24H17N3/c1-4-10-18(11-5-1)20-16-22-23(25-17-20)26-24(19-12-6-2-7-13-19)27(22)21-14-8-3-9-15-21/h1-17H. The zero-order valence-electron chi connectivity index (χ0n) is 14.7. The lowest BCUT2D eigenvalue weighted by molar-refractivity contribution is 1.10. The Balaban J connectivity index is 1.80. The zero-order chi connectivity index (χ0) is 18.1. The highest BCUT2D eigenvalue weighted by molar-refractivity contribution is 5.84. The number of imidazole rings is 1. The summed E-state index contributed by atoms with van der Waals surface area (Å²) in [6, 6.07) is 33.1. The Bertz CT molecular complexity index is 1190. The maximum atomic E-state index is 4.85. The lowest BCUT2D eigenvalue weighted by atomic mass is 10.1. The molecule has 3 nitrogen and oxygen atoms in total. The molecule has 0 spiro atoms. The van der Waals surface area contributed by atoms with E-state index in [1.807, 2.05) is 60.8 Å². The summed E-state index contributed by atoms with van der Waals surface area (Å²) in [5, 5.41) is 0. The summed E-state index contributed by atoms with van der Waals surface area (Å²) in [4.78, 5) is 9.50. The smallest absolute Gasteiger partial charge is 0.178 e. The first kappa shape index (κ1) is 15.5. The van der Waals surface area contributed by atoms with Crippen LogP contribution in [0.15, 0.2) is 103 Å². The normalized spacial score (nSPS) is 11.0. The molecule has 0 fully saturated rings. The van der Waals surface area contributed by atoms with E-state index < -0.39 is 0 Å². The summed E-state index contributed by atoms with van der Waals surface area (Å²) < 4.78 is 2.18. The Morgan fingerprint density at radius 3 is 1.85 bits per heavy atom. The third kappa shape index (κ3) is 2.79. The van der Waals surface area contributed by atoms with Gasteiger partial charge in [-0.05, 0) is 23.8 Å². The maximum Gasteiger partial charge on any atom is 0.178 e. The van der Waals surface area contributed by atoms with Crippen LogP contribution >= 0.6 is 0 Å². The number of benzene rings is 3. The summed E-state index contributed by atoms with van der Waals surface area (Å²) in [7, 11) is 0. The number of fused-ring (bicyclic) bond motifs is 1. The summed E-state index contributed by atoms with van der Waals surface area (Å²) >= 11 is 0. The summed E-state index contributed by atoms with van der Waals surface area (Å²) in [5.74, 6) is 0.898. The van der Waals surface area contributed by atoms with Gasteiger partial charge in [-0.25, -0.2) is 9.97 Å². The molecule has 3 aromatic carbocycles. The predicted octanol–water partition coefficient (Wildman–Crippen LogP) is 5.75. The van der Waals surface area contributed by atoms with Gasteiger partial charge in [0.2, 0.25) is 0 Å². The zero-order valence-corrected chi connectivity index (χ0v) is 14.7. The second-order valence-corrected chi connectivity index (χ2v) is 6.41. The van der Waals surface area contributed by atoms with Crippen molar-refractivity contribution in [1.29, 1.82) is 0 Å². The van der Waals surface area contributed by atoms with Gasteiger partial charge in [0.15, 0.2) is 5.65 Å². The molecular weight excluding hydrogens is 330 g/mol. The lowest BCUT2D eigenvalue weighted by Gasteiger charge is -2.10. The number of hydrogen-bond donors (Lipinski definition) is 0. The Morgan fingerprint density at radius 1 is 0.593 bits per heavy atom. The number of pyridine rings is 1. The average molecular weight is 347 g/mol. The quantitative estimate of drug-likeness (QED) is 0.416. The van der Waals surface area contributed by atoms with Crippen molar-refractivity contribution in [2.24, 2.45) is 0 Å². The van der Waals surface area contributed by atoms with Crippen LogP contribution in [0.3, 0.4) is 0 Å². The van der Waals surface area contributed by atoms with Crippen LogP contribution in [0, 0.1) is 0 Å². The van der Waals surface area contributed by atoms with Gasteiger partial charge >= 0.3 is 0 Å². The van der Waals surface area contributed by atoms with Crippen LogP contribution in [0.25, 0.3) is 39.4 Å². The first-order valence-corrected chi connectivity index (χ1v) is 8.95. The van der Waals surface area contributed by atoms with Gasteiger partial charge in [-0.1, -0.05) is 78.9 Å². The van der Waals surface area contributed by atoms with E-state index in [0.29, 0.717) is 0 Å². The van der Waals surface area contributed by atoms with Crippen LogP contribution < -0.4 is 0 Å². The molecule has 0 aliphatic rings. The van der Waals surface area contributed by atoms with Crippen LogP contribution in [0.2, 0.25) is 0 Å². The van der Waals surface area contributed by atoms with E-state index in [1.54, 1.807) is 0 Å². The van der Waals surface area contributed by atoms with Crippen molar-refractivity contribution in [3.8, 4) is 28.2 Å². The highest BCUT2D eigenvalue weighted by Crippen LogP contribution is 2.30. The molecule has 128 valence electrons. The molecule has 27 heavy (non-hydrogen) atoms. The monoisotopic (exact) mass is 347 g/mol. The molecule has 2 aromatic heterocycles. The van der Waals surface area contributed by atoms with E-state index in [2.05, 4.69) is 52.0 Å². The molecule has 5 aromatic rings. The number of rotatable bonds is 3. The Hall–Kier alpha value is -3.72. The minimum Gasteiger partial charge on any atom is -0.291 e. The van der Waals surface area contributed by atoms with Crippen molar-refractivity contribution in [2.45, 2.75) is 0 Å².